The minimum absolute atomic E-state index is 0.0300. The number of benzene rings is 3. The van der Waals surface area contributed by atoms with Crippen LogP contribution in [0.3, 0.4) is 0 Å². The van der Waals surface area contributed by atoms with Crippen molar-refractivity contribution in [2.24, 2.45) is 4.99 Å². The van der Waals surface area contributed by atoms with Crippen LogP contribution >= 0.6 is 11.3 Å². The van der Waals surface area contributed by atoms with Gasteiger partial charge in [0.2, 0.25) is 0 Å². The van der Waals surface area contributed by atoms with E-state index in [1.54, 1.807) is 72.8 Å². The topological polar surface area (TPSA) is 100 Å². The molecule has 0 unspecified atom stereocenters. The number of ketones is 1. The maximum Gasteiger partial charge on any atom is 0.434 e. The molecule has 1 aliphatic heterocycles. The molecule has 1 aliphatic rings. The summed E-state index contributed by atoms with van der Waals surface area (Å²) in [7, 11) is 1.36. The number of thiazole rings is 1. The molecule has 0 bridgehead atoms. The van der Waals surface area contributed by atoms with E-state index < -0.39 is 35.0 Å². The number of esters is 1. The molecular formula is C34H25F3N2O6S. The molecule has 6 rings (SSSR count). The Morgan fingerprint density at radius 1 is 1.04 bits per heavy atom. The predicted molar refractivity (Wildman–Crippen MR) is 165 cm³/mol. The van der Waals surface area contributed by atoms with Gasteiger partial charge >= 0.3 is 12.1 Å². The van der Waals surface area contributed by atoms with Gasteiger partial charge in [-0.2, -0.15) is 13.2 Å². The van der Waals surface area contributed by atoms with E-state index in [1.165, 1.54) is 27.0 Å². The highest BCUT2D eigenvalue weighted by molar-refractivity contribution is 7.07. The number of carbonyl (C=O) groups excluding carboxylic acids is 2. The van der Waals surface area contributed by atoms with Crippen molar-refractivity contribution in [1.82, 2.24) is 4.57 Å². The Labute approximate surface area is 263 Å². The van der Waals surface area contributed by atoms with Crippen LogP contribution in [0.4, 0.5) is 13.2 Å². The second-order valence-electron chi connectivity index (χ2n) is 10.3. The summed E-state index contributed by atoms with van der Waals surface area (Å²) in [6, 6.07) is 18.7. The molecule has 8 nitrogen and oxygen atoms in total. The van der Waals surface area contributed by atoms with Gasteiger partial charge < -0.3 is 13.9 Å². The van der Waals surface area contributed by atoms with Crippen LogP contribution in [0.1, 0.15) is 41.6 Å². The second kappa shape index (κ2) is 11.9. The highest BCUT2D eigenvalue weighted by Gasteiger charge is 2.46. The number of hydrogen-bond acceptors (Lipinski definition) is 8. The standard InChI is InChI=1S/C34H25F3N2O6S/c1-4-44-32(42)28-29(27-23-8-6-5-7-20(23)13-15-25(27)43-3)39-31(41)26(46-33(39)38-30(28)34(35,36)37)17-22-14-16-24(45-22)21-11-9-19(10-12-21)18(2)40/h5-17,29H,4H2,1-3H3/b26-17-/t29-/m1/s1. The maximum absolute atomic E-state index is 14.6. The van der Waals surface area contributed by atoms with Crippen LogP contribution in [0.25, 0.3) is 28.2 Å². The van der Waals surface area contributed by atoms with Crippen molar-refractivity contribution in [3.63, 3.8) is 0 Å². The van der Waals surface area contributed by atoms with Gasteiger partial charge in [-0.05, 0) is 42.8 Å². The first-order valence-electron chi connectivity index (χ1n) is 14.1. The highest BCUT2D eigenvalue weighted by atomic mass is 32.1. The molecule has 3 heterocycles. The lowest BCUT2D eigenvalue weighted by Crippen LogP contribution is -2.41. The van der Waals surface area contributed by atoms with Crippen LogP contribution in [0.15, 0.2) is 98.3 Å². The number of rotatable bonds is 7. The summed E-state index contributed by atoms with van der Waals surface area (Å²) in [6.07, 6.45) is -3.64. The van der Waals surface area contributed by atoms with Gasteiger partial charge in [0.15, 0.2) is 16.3 Å². The van der Waals surface area contributed by atoms with Crippen molar-refractivity contribution in [1.29, 1.82) is 0 Å². The molecule has 234 valence electrons. The molecule has 0 saturated heterocycles. The van der Waals surface area contributed by atoms with Crippen molar-refractivity contribution in [3.05, 3.63) is 121 Å². The fourth-order valence-corrected chi connectivity index (χ4v) is 6.41. The minimum atomic E-state index is -5.05. The summed E-state index contributed by atoms with van der Waals surface area (Å²) < 4.78 is 61.7. The minimum Gasteiger partial charge on any atom is -0.496 e. The van der Waals surface area contributed by atoms with E-state index >= 15 is 0 Å². The van der Waals surface area contributed by atoms with E-state index in [9.17, 15) is 27.6 Å². The number of carbonyl (C=O) groups is 2. The molecule has 0 saturated carbocycles. The Morgan fingerprint density at radius 3 is 2.46 bits per heavy atom. The van der Waals surface area contributed by atoms with E-state index in [2.05, 4.69) is 4.99 Å². The maximum atomic E-state index is 14.6. The van der Waals surface area contributed by atoms with E-state index in [0.29, 0.717) is 27.7 Å². The first-order chi connectivity index (χ1) is 22.0. The Bertz CT molecular complexity index is 2230. The SMILES string of the molecule is CCOC(=O)C1=C(C(F)(F)F)N=c2s/c(=C\c3ccc(-c4ccc(C(C)=O)cc4)o3)c(=O)n2[C@@H]1c1c(OC)ccc2ccccc12. The zero-order valence-corrected chi connectivity index (χ0v) is 25.5. The summed E-state index contributed by atoms with van der Waals surface area (Å²) >= 11 is 0.735. The summed E-state index contributed by atoms with van der Waals surface area (Å²) in [5, 5.41) is 1.15. The van der Waals surface area contributed by atoms with E-state index in [1.807, 2.05) is 0 Å². The van der Waals surface area contributed by atoms with Crippen molar-refractivity contribution < 1.29 is 36.7 Å². The van der Waals surface area contributed by atoms with E-state index in [-0.39, 0.29) is 38.8 Å². The number of allylic oxidation sites excluding steroid dienone is 1. The van der Waals surface area contributed by atoms with Crippen molar-refractivity contribution >= 4 is 39.9 Å². The average Bonchev–Trinajstić information content (AvgIpc) is 3.63. The third kappa shape index (κ3) is 5.45. The molecule has 0 radical (unpaired) electrons. The van der Waals surface area contributed by atoms with Crippen LogP contribution < -0.4 is 19.6 Å². The second-order valence-corrected chi connectivity index (χ2v) is 11.3. The Hall–Kier alpha value is -5.23. The van der Waals surface area contributed by atoms with Crippen LogP contribution in [0, 0.1) is 0 Å². The molecule has 1 atom stereocenters. The van der Waals surface area contributed by atoms with E-state index in [0.717, 1.165) is 15.9 Å². The Balaban J connectivity index is 1.59. The van der Waals surface area contributed by atoms with Gasteiger partial charge in [-0.3, -0.25) is 14.2 Å². The summed E-state index contributed by atoms with van der Waals surface area (Å²) in [5.41, 5.74) is -1.56. The number of nitrogens with zero attached hydrogens (tertiary/aromatic N) is 2. The number of halogens is 3. The van der Waals surface area contributed by atoms with Crippen molar-refractivity contribution in [2.45, 2.75) is 26.1 Å². The van der Waals surface area contributed by atoms with Gasteiger partial charge in [-0.15, -0.1) is 0 Å². The molecule has 0 spiro atoms. The van der Waals surface area contributed by atoms with E-state index in [4.69, 9.17) is 13.9 Å². The smallest absolute Gasteiger partial charge is 0.434 e. The predicted octanol–water partition coefficient (Wildman–Crippen LogP) is 5.97. The third-order valence-electron chi connectivity index (χ3n) is 7.50. The van der Waals surface area contributed by atoms with Gasteiger partial charge in [-0.1, -0.05) is 65.9 Å². The Morgan fingerprint density at radius 2 is 1.78 bits per heavy atom. The average molecular weight is 647 g/mol. The lowest BCUT2D eigenvalue weighted by molar-refractivity contribution is -0.140. The van der Waals surface area contributed by atoms with Crippen LogP contribution in [-0.2, 0) is 9.53 Å². The number of alkyl halides is 3. The van der Waals surface area contributed by atoms with Gasteiger partial charge in [0.1, 0.15) is 23.3 Å². The number of ether oxygens (including phenoxy) is 2. The molecular weight excluding hydrogens is 621 g/mol. The normalized spacial score (nSPS) is 15.1. The molecule has 0 fully saturated rings. The first-order valence-corrected chi connectivity index (χ1v) is 14.9. The van der Waals surface area contributed by atoms with Crippen molar-refractivity contribution in [3.8, 4) is 17.1 Å². The van der Waals surface area contributed by atoms with Crippen molar-refractivity contribution in [2.75, 3.05) is 13.7 Å². The molecule has 5 aromatic rings. The Kier molecular flexibility index (Phi) is 7.99. The number of hydrogen-bond donors (Lipinski definition) is 0. The quantitative estimate of drug-likeness (QED) is 0.160. The lowest BCUT2D eigenvalue weighted by Gasteiger charge is -2.28. The van der Waals surface area contributed by atoms with Gasteiger partial charge in [0.05, 0.1) is 23.8 Å². The van der Waals surface area contributed by atoms with Gasteiger partial charge in [0.25, 0.3) is 5.56 Å². The molecule has 2 aromatic heterocycles. The molecule has 0 aliphatic carbocycles. The summed E-state index contributed by atoms with van der Waals surface area (Å²) in [4.78, 5) is 42.7. The zero-order chi connectivity index (χ0) is 32.7. The first kappa shape index (κ1) is 30.8. The largest absolute Gasteiger partial charge is 0.496 e. The number of methoxy groups -OCH3 is 1. The molecule has 0 N–H and O–H groups in total. The number of aromatic nitrogens is 1. The molecule has 46 heavy (non-hydrogen) atoms. The zero-order valence-electron chi connectivity index (χ0n) is 24.7. The lowest BCUT2D eigenvalue weighted by atomic mass is 9.90. The van der Waals surface area contributed by atoms with Gasteiger partial charge in [0, 0.05) is 22.8 Å². The van der Waals surface area contributed by atoms with Gasteiger partial charge in [-0.25, -0.2) is 9.79 Å². The van der Waals surface area contributed by atoms with Crippen LogP contribution in [-0.4, -0.2) is 36.2 Å². The fourth-order valence-electron chi connectivity index (χ4n) is 5.43. The fraction of sp³-hybridized carbons (Fsp3) is 0.176. The van der Waals surface area contributed by atoms with Crippen LogP contribution in [0.5, 0.6) is 5.75 Å². The summed E-state index contributed by atoms with van der Waals surface area (Å²) in [5.74, 6) is -0.442. The third-order valence-corrected chi connectivity index (χ3v) is 8.48. The summed E-state index contributed by atoms with van der Waals surface area (Å²) in [6.45, 7) is 2.74. The number of fused-ring (bicyclic) bond motifs is 2. The molecule has 12 heteroatoms. The highest BCUT2D eigenvalue weighted by Crippen LogP contribution is 2.43. The monoisotopic (exact) mass is 646 g/mol. The molecule has 0 amide bonds. The number of Topliss-reactive ketones (excluding diaryl/α,β-unsaturated/α-hetero) is 1. The number of furan rings is 1. The molecule has 3 aromatic carbocycles. The van der Waals surface area contributed by atoms with Crippen LogP contribution in [0.2, 0.25) is 0 Å².